The molecule has 0 aliphatic heterocycles. The lowest BCUT2D eigenvalue weighted by Crippen LogP contribution is -2.47. The molecule has 2 unspecified atom stereocenters. The minimum absolute atomic E-state index is 0.0453. The van der Waals surface area contributed by atoms with E-state index >= 15 is 0 Å². The minimum atomic E-state index is -1.43. The van der Waals surface area contributed by atoms with Gasteiger partial charge in [0.25, 0.3) is 0 Å². The van der Waals surface area contributed by atoms with Crippen LogP contribution in [0.5, 0.6) is 0 Å². The third-order valence-electron chi connectivity index (χ3n) is 8.27. The van der Waals surface area contributed by atoms with Gasteiger partial charge >= 0.3 is 11.9 Å². The zero-order valence-electron chi connectivity index (χ0n) is 29.1. The maximum absolute atomic E-state index is 12.6. The number of carboxylic acid groups (broad SMARTS) is 1. The average molecular weight is 641 g/mol. The van der Waals surface area contributed by atoms with Gasteiger partial charge in [-0.3, -0.25) is 14.4 Å². The highest BCUT2D eigenvalue weighted by molar-refractivity contribution is 5.88. The Kier molecular flexibility index (Phi) is 29.0. The van der Waals surface area contributed by atoms with Crippen LogP contribution >= 0.6 is 0 Å². The Morgan fingerprint density at radius 3 is 1.58 bits per heavy atom. The monoisotopic (exact) mass is 641 g/mol. The van der Waals surface area contributed by atoms with Crippen LogP contribution in [0.15, 0.2) is 0 Å². The molecule has 264 valence electrons. The summed E-state index contributed by atoms with van der Waals surface area (Å²) in [6.07, 6.45) is 25.5. The third kappa shape index (κ3) is 29.0. The van der Waals surface area contributed by atoms with Crippen LogP contribution in [0, 0.1) is 5.92 Å². The fraction of sp³-hybridized carbons (Fsp3) is 0.889. The number of nitrogens with one attached hydrogen (secondary N) is 2. The number of hydrogen-bond donors (Lipinski definition) is 4. The topological polar surface area (TPSA) is 142 Å². The molecular weight excluding hydrogens is 572 g/mol. The van der Waals surface area contributed by atoms with Gasteiger partial charge in [-0.15, -0.1) is 0 Å². The maximum atomic E-state index is 12.6. The summed E-state index contributed by atoms with van der Waals surface area (Å²) in [4.78, 5) is 48.1. The standard InChI is InChI=1S/C36H68N2O7/c1-4-5-6-7-8-9-10-13-16-19-22-25-31(27-33(40)37-28-34(41)38-32(29-39)36(43)44)45-35(42)26-23-20-17-14-11-12-15-18-21-24-30(2)3/h30-32,39H,4-29H2,1-3H3,(H,37,40)(H,38,41)(H,43,44). The van der Waals surface area contributed by atoms with E-state index in [0.29, 0.717) is 12.8 Å². The first kappa shape index (κ1) is 42.8. The summed E-state index contributed by atoms with van der Waals surface area (Å²) < 4.78 is 5.72. The molecule has 0 radical (unpaired) electrons. The SMILES string of the molecule is CCCCCCCCCCCCCC(CC(=O)NCC(=O)NC(CO)C(=O)O)OC(=O)CCCCCCCCCCCC(C)C. The summed E-state index contributed by atoms with van der Waals surface area (Å²) >= 11 is 0. The number of rotatable bonds is 32. The molecule has 0 heterocycles. The van der Waals surface area contributed by atoms with Crippen molar-refractivity contribution in [3.8, 4) is 0 Å². The second-order valence-corrected chi connectivity index (χ2v) is 13.2. The van der Waals surface area contributed by atoms with Gasteiger partial charge in [0.15, 0.2) is 0 Å². The van der Waals surface area contributed by atoms with Crippen molar-refractivity contribution in [3.63, 3.8) is 0 Å². The van der Waals surface area contributed by atoms with Crippen molar-refractivity contribution in [1.82, 2.24) is 10.6 Å². The van der Waals surface area contributed by atoms with Gasteiger partial charge in [-0.1, -0.05) is 143 Å². The number of ether oxygens (including phenoxy) is 1. The number of carbonyl (C=O) groups is 4. The Labute approximate surface area is 274 Å². The predicted octanol–water partition coefficient (Wildman–Crippen LogP) is 7.61. The smallest absolute Gasteiger partial charge is 0.328 e. The van der Waals surface area contributed by atoms with Gasteiger partial charge in [0, 0.05) is 6.42 Å². The van der Waals surface area contributed by atoms with Crippen LogP contribution in [0.3, 0.4) is 0 Å². The van der Waals surface area contributed by atoms with Crippen molar-refractivity contribution in [3.05, 3.63) is 0 Å². The van der Waals surface area contributed by atoms with Crippen LogP contribution in [0.1, 0.15) is 175 Å². The molecule has 4 N–H and O–H groups in total. The highest BCUT2D eigenvalue weighted by Gasteiger charge is 2.21. The Morgan fingerprint density at radius 1 is 0.644 bits per heavy atom. The predicted molar refractivity (Wildman–Crippen MR) is 181 cm³/mol. The molecule has 2 atom stereocenters. The molecule has 0 aromatic carbocycles. The first-order valence-electron chi connectivity index (χ1n) is 18.3. The second kappa shape index (κ2) is 30.5. The Morgan fingerprint density at radius 2 is 1.11 bits per heavy atom. The van der Waals surface area contributed by atoms with E-state index in [4.69, 9.17) is 14.9 Å². The molecule has 0 aromatic rings. The number of aliphatic hydroxyl groups excluding tert-OH is 1. The Bertz CT molecular complexity index is 760. The van der Waals surface area contributed by atoms with E-state index in [1.54, 1.807) is 0 Å². The van der Waals surface area contributed by atoms with E-state index in [2.05, 4.69) is 31.4 Å². The molecule has 0 spiro atoms. The number of unbranched alkanes of at least 4 members (excludes halogenated alkanes) is 18. The molecular formula is C36H68N2O7. The number of aliphatic carboxylic acids is 1. The summed E-state index contributed by atoms with van der Waals surface area (Å²) in [6.45, 7) is 5.62. The van der Waals surface area contributed by atoms with Crippen LogP contribution in [0.25, 0.3) is 0 Å². The average Bonchev–Trinajstić information content (AvgIpc) is 2.99. The lowest BCUT2D eigenvalue weighted by atomic mass is 10.0. The summed E-state index contributed by atoms with van der Waals surface area (Å²) in [6, 6.07) is -1.43. The van der Waals surface area contributed by atoms with E-state index < -0.39 is 43.1 Å². The van der Waals surface area contributed by atoms with Crippen molar-refractivity contribution in [2.45, 2.75) is 187 Å². The van der Waals surface area contributed by atoms with Gasteiger partial charge in [-0.25, -0.2) is 4.79 Å². The fourth-order valence-electron chi connectivity index (χ4n) is 5.43. The molecule has 45 heavy (non-hydrogen) atoms. The zero-order valence-corrected chi connectivity index (χ0v) is 29.1. The van der Waals surface area contributed by atoms with Crippen LogP contribution in [-0.2, 0) is 23.9 Å². The van der Waals surface area contributed by atoms with Gasteiger partial charge < -0.3 is 25.6 Å². The van der Waals surface area contributed by atoms with Gasteiger partial charge in [0.2, 0.25) is 11.8 Å². The lowest BCUT2D eigenvalue weighted by Gasteiger charge is -2.18. The first-order valence-corrected chi connectivity index (χ1v) is 18.3. The minimum Gasteiger partial charge on any atom is -0.480 e. The Balaban J connectivity index is 4.42. The summed E-state index contributed by atoms with van der Waals surface area (Å²) in [7, 11) is 0. The van der Waals surface area contributed by atoms with E-state index in [0.717, 1.165) is 44.4 Å². The van der Waals surface area contributed by atoms with Gasteiger partial charge in [0.05, 0.1) is 19.6 Å². The fourth-order valence-corrected chi connectivity index (χ4v) is 5.43. The van der Waals surface area contributed by atoms with E-state index in [9.17, 15) is 19.2 Å². The molecule has 0 saturated heterocycles. The molecule has 0 saturated carbocycles. The summed E-state index contributed by atoms with van der Waals surface area (Å²) in [5.41, 5.74) is 0. The number of aliphatic hydroxyl groups is 1. The number of carboxylic acids is 1. The molecule has 0 aliphatic rings. The molecule has 9 heteroatoms. The third-order valence-corrected chi connectivity index (χ3v) is 8.27. The molecule has 0 bridgehead atoms. The molecule has 0 aliphatic carbocycles. The van der Waals surface area contributed by atoms with Gasteiger partial charge in [-0.2, -0.15) is 0 Å². The highest BCUT2D eigenvalue weighted by atomic mass is 16.5. The van der Waals surface area contributed by atoms with Crippen LogP contribution < -0.4 is 10.6 Å². The van der Waals surface area contributed by atoms with Crippen LogP contribution in [0.2, 0.25) is 0 Å². The van der Waals surface area contributed by atoms with Gasteiger partial charge in [-0.05, 0) is 25.2 Å². The van der Waals surface area contributed by atoms with Crippen molar-refractivity contribution >= 4 is 23.8 Å². The normalized spacial score (nSPS) is 12.6. The van der Waals surface area contributed by atoms with Crippen molar-refractivity contribution in [1.29, 1.82) is 0 Å². The van der Waals surface area contributed by atoms with Gasteiger partial charge in [0.1, 0.15) is 12.1 Å². The number of amides is 2. The second-order valence-electron chi connectivity index (χ2n) is 13.2. The molecule has 0 aromatic heterocycles. The molecule has 2 amide bonds. The number of hydrogen-bond acceptors (Lipinski definition) is 6. The largest absolute Gasteiger partial charge is 0.480 e. The number of carbonyl (C=O) groups excluding carboxylic acids is 3. The summed E-state index contributed by atoms with van der Waals surface area (Å²) in [5, 5.41) is 22.6. The number of esters is 1. The van der Waals surface area contributed by atoms with E-state index in [1.807, 2.05) is 0 Å². The van der Waals surface area contributed by atoms with Crippen molar-refractivity contribution in [2.24, 2.45) is 5.92 Å². The summed E-state index contributed by atoms with van der Waals surface area (Å²) in [5.74, 6) is -2.00. The van der Waals surface area contributed by atoms with Crippen molar-refractivity contribution < 1.29 is 34.1 Å². The van der Waals surface area contributed by atoms with Crippen LogP contribution in [0.4, 0.5) is 0 Å². The highest BCUT2D eigenvalue weighted by Crippen LogP contribution is 2.17. The van der Waals surface area contributed by atoms with E-state index in [-0.39, 0.29) is 12.4 Å². The van der Waals surface area contributed by atoms with Crippen molar-refractivity contribution in [2.75, 3.05) is 13.2 Å². The molecule has 9 nitrogen and oxygen atoms in total. The van der Waals surface area contributed by atoms with Crippen LogP contribution in [-0.4, -0.2) is 59.3 Å². The van der Waals surface area contributed by atoms with E-state index in [1.165, 1.54) is 96.3 Å². The molecule has 0 rings (SSSR count). The lowest BCUT2D eigenvalue weighted by molar-refractivity contribution is -0.151. The zero-order chi connectivity index (χ0) is 33.5. The first-order chi connectivity index (χ1) is 21.7. The Hall–Kier alpha value is -2.16. The quantitative estimate of drug-likeness (QED) is 0.0438. The maximum Gasteiger partial charge on any atom is 0.328 e. The molecule has 0 fully saturated rings.